The summed E-state index contributed by atoms with van der Waals surface area (Å²) in [7, 11) is 0. The Labute approximate surface area is 109 Å². The molecule has 0 spiro atoms. The predicted octanol–water partition coefficient (Wildman–Crippen LogP) is 0.521. The molecule has 2 rings (SSSR count). The van der Waals surface area contributed by atoms with E-state index in [-0.39, 0.29) is 12.2 Å². The number of carboxylic acids is 1. The first kappa shape index (κ1) is 13.5. The zero-order valence-corrected chi connectivity index (χ0v) is 10.1. The van der Waals surface area contributed by atoms with E-state index in [0.717, 1.165) is 0 Å². The summed E-state index contributed by atoms with van der Waals surface area (Å²) in [5.74, 6) is -0.855. The highest BCUT2D eigenvalue weighted by molar-refractivity contribution is 5.99. The number of ketones is 1. The summed E-state index contributed by atoms with van der Waals surface area (Å²) in [6, 6.07) is 4.48. The second-order valence-corrected chi connectivity index (χ2v) is 4.39. The van der Waals surface area contributed by atoms with Crippen LogP contribution in [-0.2, 0) is 4.79 Å². The number of ether oxygens (including phenoxy) is 1. The van der Waals surface area contributed by atoms with E-state index >= 15 is 0 Å². The van der Waals surface area contributed by atoms with Crippen LogP contribution >= 0.6 is 0 Å². The third-order valence-corrected chi connectivity index (χ3v) is 2.98. The minimum absolute atomic E-state index is 0.0944. The second-order valence-electron chi connectivity index (χ2n) is 4.39. The number of hydrogen-bond acceptors (Lipinski definition) is 5. The van der Waals surface area contributed by atoms with Gasteiger partial charge in [-0.1, -0.05) is 6.07 Å². The minimum Gasteiger partial charge on any atom is -0.492 e. The minimum atomic E-state index is -1.42. The number of benzene rings is 1. The van der Waals surface area contributed by atoms with E-state index in [1.54, 1.807) is 6.07 Å². The molecule has 0 bridgehead atoms. The van der Waals surface area contributed by atoms with Gasteiger partial charge in [-0.25, -0.2) is 0 Å². The van der Waals surface area contributed by atoms with Gasteiger partial charge in [-0.3, -0.25) is 9.59 Å². The molecule has 1 aliphatic heterocycles. The van der Waals surface area contributed by atoms with Crippen molar-refractivity contribution in [3.05, 3.63) is 29.3 Å². The van der Waals surface area contributed by atoms with Crippen LogP contribution in [0.3, 0.4) is 0 Å². The molecule has 1 aromatic rings. The smallest absolute Gasteiger partial charge is 0.306 e. The van der Waals surface area contributed by atoms with Crippen LogP contribution < -0.4 is 4.74 Å². The Balaban J connectivity index is 2.23. The standard InChI is InChI=1S/C13H14O6/c14-9-3-4-19-11-2-1-7(5-8(9)11)13(18)10(15)6-12(16)17/h1-2,5,10,13,15,18H,3-4,6H2,(H,16,17). The van der Waals surface area contributed by atoms with Crippen LogP contribution in [-0.4, -0.2) is 39.8 Å². The molecule has 0 aliphatic carbocycles. The van der Waals surface area contributed by atoms with E-state index in [0.29, 0.717) is 23.5 Å². The molecule has 102 valence electrons. The first-order chi connectivity index (χ1) is 8.99. The van der Waals surface area contributed by atoms with Crippen molar-refractivity contribution in [2.24, 2.45) is 0 Å². The fourth-order valence-corrected chi connectivity index (χ4v) is 1.98. The van der Waals surface area contributed by atoms with Gasteiger partial charge in [-0.05, 0) is 17.7 Å². The number of rotatable bonds is 4. The monoisotopic (exact) mass is 266 g/mol. The van der Waals surface area contributed by atoms with Crippen LogP contribution in [0.4, 0.5) is 0 Å². The number of carbonyl (C=O) groups excluding carboxylic acids is 1. The van der Waals surface area contributed by atoms with Crippen LogP contribution in [0.25, 0.3) is 0 Å². The number of aliphatic hydroxyl groups excluding tert-OH is 2. The van der Waals surface area contributed by atoms with Gasteiger partial charge in [0.05, 0.1) is 24.7 Å². The van der Waals surface area contributed by atoms with E-state index in [1.807, 2.05) is 0 Å². The Morgan fingerprint density at radius 3 is 2.79 bits per heavy atom. The summed E-state index contributed by atoms with van der Waals surface area (Å²) < 4.78 is 5.29. The Hall–Kier alpha value is -1.92. The molecular weight excluding hydrogens is 252 g/mol. The van der Waals surface area contributed by atoms with Crippen LogP contribution in [0, 0.1) is 0 Å². The van der Waals surface area contributed by atoms with Crippen molar-refractivity contribution in [1.82, 2.24) is 0 Å². The molecule has 2 atom stereocenters. The Morgan fingerprint density at radius 2 is 2.11 bits per heavy atom. The largest absolute Gasteiger partial charge is 0.492 e. The van der Waals surface area contributed by atoms with Gasteiger partial charge in [-0.2, -0.15) is 0 Å². The fraction of sp³-hybridized carbons (Fsp3) is 0.385. The third-order valence-electron chi connectivity index (χ3n) is 2.98. The molecule has 0 amide bonds. The van der Waals surface area contributed by atoms with Gasteiger partial charge >= 0.3 is 5.97 Å². The molecule has 1 aliphatic rings. The lowest BCUT2D eigenvalue weighted by molar-refractivity contribution is -0.141. The van der Waals surface area contributed by atoms with Crippen molar-refractivity contribution < 1.29 is 29.6 Å². The normalized spacial score (nSPS) is 17.3. The van der Waals surface area contributed by atoms with Gasteiger partial charge in [-0.15, -0.1) is 0 Å². The molecular formula is C13H14O6. The van der Waals surface area contributed by atoms with Gasteiger partial charge in [0.15, 0.2) is 5.78 Å². The van der Waals surface area contributed by atoms with Crippen LogP contribution in [0.2, 0.25) is 0 Å². The summed E-state index contributed by atoms with van der Waals surface area (Å²) in [5.41, 5.74) is 0.650. The first-order valence-electron chi connectivity index (χ1n) is 5.87. The van der Waals surface area contributed by atoms with E-state index < -0.39 is 24.6 Å². The third kappa shape index (κ3) is 2.91. The molecule has 0 aromatic heterocycles. The SMILES string of the molecule is O=C(O)CC(O)C(O)c1ccc2c(c1)C(=O)CCO2. The number of Topliss-reactive ketones (excluding diaryl/α,β-unsaturated/α-hetero) is 1. The van der Waals surface area contributed by atoms with Crippen molar-refractivity contribution in [3.63, 3.8) is 0 Å². The van der Waals surface area contributed by atoms with Gasteiger partial charge in [0.1, 0.15) is 11.9 Å². The van der Waals surface area contributed by atoms with Crippen LogP contribution in [0.15, 0.2) is 18.2 Å². The quantitative estimate of drug-likeness (QED) is 0.734. The molecule has 0 fully saturated rings. The average molecular weight is 266 g/mol. The molecule has 1 heterocycles. The second kappa shape index (κ2) is 5.38. The summed E-state index contributed by atoms with van der Waals surface area (Å²) in [4.78, 5) is 22.2. The predicted molar refractivity (Wildman–Crippen MR) is 64.1 cm³/mol. The van der Waals surface area contributed by atoms with E-state index in [4.69, 9.17) is 9.84 Å². The number of carboxylic acid groups (broad SMARTS) is 1. The maximum absolute atomic E-state index is 11.7. The molecule has 0 saturated heterocycles. The molecule has 19 heavy (non-hydrogen) atoms. The van der Waals surface area contributed by atoms with Crippen molar-refractivity contribution in [2.75, 3.05) is 6.61 Å². The summed E-state index contributed by atoms with van der Waals surface area (Å²) >= 11 is 0. The molecule has 0 saturated carbocycles. The van der Waals surface area contributed by atoms with Gasteiger partial charge < -0.3 is 20.1 Å². The lowest BCUT2D eigenvalue weighted by Gasteiger charge is -2.20. The molecule has 1 aromatic carbocycles. The highest BCUT2D eigenvalue weighted by atomic mass is 16.5. The van der Waals surface area contributed by atoms with Crippen molar-refractivity contribution in [2.45, 2.75) is 25.0 Å². The Bertz CT molecular complexity index is 510. The lowest BCUT2D eigenvalue weighted by atomic mass is 9.96. The van der Waals surface area contributed by atoms with E-state index in [9.17, 15) is 19.8 Å². The number of carbonyl (C=O) groups is 2. The Kier molecular flexibility index (Phi) is 3.82. The maximum Gasteiger partial charge on any atom is 0.306 e. The average Bonchev–Trinajstić information content (AvgIpc) is 2.37. The maximum atomic E-state index is 11.7. The molecule has 6 heteroatoms. The number of aliphatic carboxylic acids is 1. The summed E-state index contributed by atoms with van der Waals surface area (Å²) in [5, 5.41) is 28.0. The number of aliphatic hydroxyl groups is 2. The molecule has 2 unspecified atom stereocenters. The molecule has 3 N–H and O–H groups in total. The summed E-state index contributed by atoms with van der Waals surface area (Å²) in [6.45, 7) is 0.329. The van der Waals surface area contributed by atoms with E-state index in [2.05, 4.69) is 0 Å². The van der Waals surface area contributed by atoms with Crippen molar-refractivity contribution in [1.29, 1.82) is 0 Å². The molecule has 6 nitrogen and oxygen atoms in total. The highest BCUT2D eigenvalue weighted by Gasteiger charge is 2.24. The zero-order valence-electron chi connectivity index (χ0n) is 10.1. The van der Waals surface area contributed by atoms with Gasteiger partial charge in [0, 0.05) is 6.42 Å². The topological polar surface area (TPSA) is 104 Å². The van der Waals surface area contributed by atoms with Crippen molar-refractivity contribution in [3.8, 4) is 5.75 Å². The van der Waals surface area contributed by atoms with Crippen LogP contribution in [0.1, 0.15) is 34.9 Å². The summed E-state index contributed by atoms with van der Waals surface area (Å²) in [6.07, 6.45) is -3.07. The fourth-order valence-electron chi connectivity index (χ4n) is 1.98. The Morgan fingerprint density at radius 1 is 1.37 bits per heavy atom. The molecule has 0 radical (unpaired) electrons. The van der Waals surface area contributed by atoms with Gasteiger partial charge in [0.25, 0.3) is 0 Å². The number of fused-ring (bicyclic) bond motifs is 1. The van der Waals surface area contributed by atoms with Crippen molar-refractivity contribution >= 4 is 11.8 Å². The number of hydrogen-bond donors (Lipinski definition) is 3. The van der Waals surface area contributed by atoms with Gasteiger partial charge in [0.2, 0.25) is 0 Å². The van der Waals surface area contributed by atoms with E-state index in [1.165, 1.54) is 12.1 Å². The van der Waals surface area contributed by atoms with Crippen LogP contribution in [0.5, 0.6) is 5.75 Å². The first-order valence-corrected chi connectivity index (χ1v) is 5.87. The highest BCUT2D eigenvalue weighted by Crippen LogP contribution is 2.29. The zero-order chi connectivity index (χ0) is 14.0. The lowest BCUT2D eigenvalue weighted by Crippen LogP contribution is -2.22.